The fourth-order valence-corrected chi connectivity index (χ4v) is 4.80. The molecule has 3 rings (SSSR count). The summed E-state index contributed by atoms with van der Waals surface area (Å²) < 4.78 is 1.59. The third-order valence-electron chi connectivity index (χ3n) is 3.29. The minimum atomic E-state index is 0.0151. The van der Waals surface area contributed by atoms with Crippen molar-refractivity contribution in [2.45, 2.75) is 27.8 Å². The zero-order valence-electron chi connectivity index (χ0n) is 14.1. The molecular formula is C16H18N6OS3. The van der Waals surface area contributed by atoms with E-state index in [2.05, 4.69) is 25.5 Å². The molecule has 0 aliphatic heterocycles. The van der Waals surface area contributed by atoms with Gasteiger partial charge in [0, 0.05) is 11.9 Å². The van der Waals surface area contributed by atoms with Crippen LogP contribution in [0.15, 0.2) is 32.9 Å². The van der Waals surface area contributed by atoms with Gasteiger partial charge in [-0.05, 0) is 18.6 Å². The Morgan fingerprint density at radius 3 is 2.77 bits per heavy atom. The molecule has 0 saturated heterocycles. The molecule has 0 aliphatic carbocycles. The third kappa shape index (κ3) is 5.05. The van der Waals surface area contributed by atoms with Crippen LogP contribution in [-0.2, 0) is 10.5 Å². The van der Waals surface area contributed by atoms with Crippen molar-refractivity contribution in [1.82, 2.24) is 25.5 Å². The van der Waals surface area contributed by atoms with E-state index < -0.39 is 0 Å². The van der Waals surface area contributed by atoms with E-state index in [1.807, 2.05) is 31.2 Å². The van der Waals surface area contributed by atoms with Gasteiger partial charge in [-0.1, -0.05) is 53.9 Å². The van der Waals surface area contributed by atoms with Gasteiger partial charge in [-0.25, -0.2) is 9.97 Å². The molecule has 1 amide bonds. The average Bonchev–Trinajstić information content (AvgIpc) is 3.11. The van der Waals surface area contributed by atoms with Crippen molar-refractivity contribution in [2.24, 2.45) is 0 Å². The topological polar surface area (TPSA) is 107 Å². The second-order valence-corrected chi connectivity index (χ2v) is 8.73. The number of hydrogen-bond donors (Lipinski definition) is 2. The molecule has 3 N–H and O–H groups in total. The van der Waals surface area contributed by atoms with E-state index in [0.29, 0.717) is 29.7 Å². The van der Waals surface area contributed by atoms with Crippen LogP contribution in [0.1, 0.15) is 19.2 Å². The first kappa shape index (κ1) is 18.9. The van der Waals surface area contributed by atoms with Crippen molar-refractivity contribution in [2.75, 3.05) is 18.0 Å². The van der Waals surface area contributed by atoms with E-state index >= 15 is 0 Å². The molecule has 26 heavy (non-hydrogen) atoms. The fourth-order valence-electron chi connectivity index (χ4n) is 2.10. The maximum atomic E-state index is 11.6. The lowest BCUT2D eigenvalue weighted by molar-refractivity contribution is -0.118. The summed E-state index contributed by atoms with van der Waals surface area (Å²) >= 11 is 4.37. The Kier molecular flexibility index (Phi) is 6.64. The lowest BCUT2D eigenvalue weighted by Gasteiger charge is -2.04. The summed E-state index contributed by atoms with van der Waals surface area (Å²) in [6, 6.07) is 7.67. The smallest absolute Gasteiger partial charge is 0.230 e. The average molecular weight is 407 g/mol. The van der Waals surface area contributed by atoms with Gasteiger partial charge >= 0.3 is 0 Å². The molecule has 2 heterocycles. The molecule has 0 unspecified atom stereocenters. The van der Waals surface area contributed by atoms with Gasteiger partial charge in [-0.3, -0.25) is 4.79 Å². The molecule has 0 radical (unpaired) electrons. The predicted octanol–water partition coefficient (Wildman–Crippen LogP) is 2.97. The van der Waals surface area contributed by atoms with Crippen LogP contribution in [0.4, 0.5) is 5.82 Å². The van der Waals surface area contributed by atoms with E-state index in [1.165, 1.54) is 34.9 Å². The second-order valence-electron chi connectivity index (χ2n) is 5.30. The van der Waals surface area contributed by atoms with Gasteiger partial charge in [0.25, 0.3) is 0 Å². The Balaban J connectivity index is 1.56. The number of thioether (sulfide) groups is 2. The summed E-state index contributed by atoms with van der Waals surface area (Å²) in [5, 5.41) is 12.0. The van der Waals surface area contributed by atoms with Crippen molar-refractivity contribution < 1.29 is 4.79 Å². The summed E-state index contributed by atoms with van der Waals surface area (Å²) in [4.78, 5) is 20.5. The van der Waals surface area contributed by atoms with E-state index in [-0.39, 0.29) is 5.91 Å². The zero-order chi connectivity index (χ0) is 18.4. The lowest BCUT2D eigenvalue weighted by atomic mass is 10.2. The molecule has 0 fully saturated rings. The normalized spacial score (nSPS) is 11.0. The Hall–Kier alpha value is -1.91. The molecule has 136 valence electrons. The summed E-state index contributed by atoms with van der Waals surface area (Å²) in [5.41, 5.74) is 6.84. The van der Waals surface area contributed by atoms with E-state index in [1.54, 1.807) is 0 Å². The van der Waals surface area contributed by atoms with Crippen LogP contribution in [0.25, 0.3) is 10.9 Å². The molecule has 3 aromatic rings. The highest BCUT2D eigenvalue weighted by Crippen LogP contribution is 2.30. The molecule has 0 aliphatic rings. The van der Waals surface area contributed by atoms with E-state index in [0.717, 1.165) is 26.0 Å². The number of carbonyl (C=O) groups excluding carboxylic acids is 1. The molecule has 10 heteroatoms. The minimum absolute atomic E-state index is 0.0151. The maximum Gasteiger partial charge on any atom is 0.230 e. The van der Waals surface area contributed by atoms with Crippen LogP contribution < -0.4 is 11.1 Å². The van der Waals surface area contributed by atoms with Crippen molar-refractivity contribution in [3.63, 3.8) is 0 Å². The van der Waals surface area contributed by atoms with Crippen molar-refractivity contribution in [3.8, 4) is 0 Å². The Morgan fingerprint density at radius 2 is 1.96 bits per heavy atom. The first-order valence-electron chi connectivity index (χ1n) is 8.02. The van der Waals surface area contributed by atoms with E-state index in [4.69, 9.17) is 5.73 Å². The molecule has 0 bridgehead atoms. The first-order chi connectivity index (χ1) is 12.7. The molecule has 0 spiro atoms. The fraction of sp³-hybridized carbons (Fsp3) is 0.312. The quantitative estimate of drug-likeness (QED) is 0.550. The molecular weight excluding hydrogens is 388 g/mol. The highest BCUT2D eigenvalue weighted by Gasteiger charge is 2.10. The molecule has 7 nitrogen and oxygen atoms in total. The number of rotatable bonds is 8. The van der Waals surface area contributed by atoms with Crippen molar-refractivity contribution in [3.05, 3.63) is 30.1 Å². The maximum absolute atomic E-state index is 11.6. The standard InChI is InChI=1S/C16H18N6OS3/c1-2-7-18-13(23)9-25-16-22-21-15(26-16)24-8-12-19-11-6-4-3-5-10(11)14(17)20-12/h3-6H,2,7-9H2,1H3,(H,18,23)(H2,17,19,20). The van der Waals surface area contributed by atoms with Gasteiger partial charge in [0.2, 0.25) is 5.91 Å². The molecule has 2 aromatic heterocycles. The highest BCUT2D eigenvalue weighted by atomic mass is 32.2. The summed E-state index contributed by atoms with van der Waals surface area (Å²) in [7, 11) is 0. The largest absolute Gasteiger partial charge is 0.383 e. The molecule has 0 saturated carbocycles. The number of anilines is 1. The highest BCUT2D eigenvalue weighted by molar-refractivity contribution is 8.03. The van der Waals surface area contributed by atoms with Gasteiger partial charge in [-0.15, -0.1) is 10.2 Å². The number of benzene rings is 1. The van der Waals surface area contributed by atoms with E-state index in [9.17, 15) is 4.79 Å². The summed E-state index contributed by atoms with van der Waals surface area (Å²) in [6.45, 7) is 2.72. The van der Waals surface area contributed by atoms with Gasteiger partial charge in [0.1, 0.15) is 11.6 Å². The van der Waals surface area contributed by atoms with Crippen LogP contribution in [0.5, 0.6) is 0 Å². The number of carbonyl (C=O) groups is 1. The monoisotopic (exact) mass is 406 g/mol. The van der Waals surface area contributed by atoms with Crippen LogP contribution in [0, 0.1) is 0 Å². The van der Waals surface area contributed by atoms with Crippen molar-refractivity contribution in [1.29, 1.82) is 0 Å². The number of para-hydroxylation sites is 1. The van der Waals surface area contributed by atoms with Gasteiger partial charge < -0.3 is 11.1 Å². The van der Waals surface area contributed by atoms with Crippen LogP contribution in [-0.4, -0.2) is 38.4 Å². The molecule has 0 atom stereocenters. The third-order valence-corrected chi connectivity index (χ3v) is 6.48. The van der Waals surface area contributed by atoms with Crippen LogP contribution >= 0.6 is 34.9 Å². The predicted molar refractivity (Wildman–Crippen MR) is 107 cm³/mol. The minimum Gasteiger partial charge on any atom is -0.383 e. The van der Waals surface area contributed by atoms with Gasteiger partial charge in [0.05, 0.1) is 17.0 Å². The molecule has 1 aromatic carbocycles. The Labute approximate surface area is 163 Å². The number of aromatic nitrogens is 4. The van der Waals surface area contributed by atoms with Gasteiger partial charge in [0.15, 0.2) is 8.68 Å². The van der Waals surface area contributed by atoms with Crippen LogP contribution in [0.3, 0.4) is 0 Å². The summed E-state index contributed by atoms with van der Waals surface area (Å²) in [6.07, 6.45) is 0.928. The first-order valence-corrected chi connectivity index (χ1v) is 10.8. The second kappa shape index (κ2) is 9.15. The number of nitrogens with zero attached hydrogens (tertiary/aromatic N) is 4. The summed E-state index contributed by atoms with van der Waals surface area (Å²) in [5.74, 6) is 2.07. The SMILES string of the molecule is CCCNC(=O)CSc1nnc(SCc2nc(N)c3ccccc3n2)s1. The number of nitrogens with two attached hydrogens (primary N) is 1. The Morgan fingerprint density at radius 1 is 1.19 bits per heavy atom. The number of fused-ring (bicyclic) bond motifs is 1. The lowest BCUT2D eigenvalue weighted by Crippen LogP contribution is -2.25. The number of hydrogen-bond acceptors (Lipinski definition) is 9. The number of nitrogens with one attached hydrogen (secondary N) is 1. The Bertz CT molecular complexity index is 901. The van der Waals surface area contributed by atoms with Crippen molar-refractivity contribution >= 4 is 57.5 Å². The van der Waals surface area contributed by atoms with Crippen LogP contribution in [0.2, 0.25) is 0 Å². The zero-order valence-corrected chi connectivity index (χ0v) is 16.6. The number of amides is 1. The van der Waals surface area contributed by atoms with Gasteiger partial charge in [-0.2, -0.15) is 0 Å². The number of nitrogen functional groups attached to an aromatic ring is 1.